The molecular weight excluding hydrogens is 708 g/mol. The Bertz CT molecular complexity index is 2270. The molecule has 0 bridgehead atoms. The lowest BCUT2D eigenvalue weighted by Crippen LogP contribution is -2.11. The van der Waals surface area contributed by atoms with Crippen molar-refractivity contribution in [1.29, 1.82) is 0 Å². The zero-order valence-electron chi connectivity index (χ0n) is 25.0. The maximum absolute atomic E-state index is 12.9. The van der Waals surface area contributed by atoms with Crippen LogP contribution in [0.5, 0.6) is 0 Å². The minimum absolute atomic E-state index is 0.0195. The van der Waals surface area contributed by atoms with Crippen LogP contribution in [0.1, 0.15) is 33.4 Å². The average Bonchev–Trinajstić information content (AvgIpc) is 3.05. The minimum Gasteiger partial charge on any atom is -0.166 e. The zero-order chi connectivity index (χ0) is 38.7. The van der Waals surface area contributed by atoms with Crippen LogP contribution >= 0.6 is 0 Å². The SMILES string of the molecule is FC(F)(F)c1cc(C#CC#CC#CC#CC#CC#CC#CC#CC#CC#CC#CC#Cc2cc(C(F)(F)F)cc(C(F)(F)F)c2)cc(C(F)(F)F)c1. The van der Waals surface area contributed by atoms with Crippen molar-refractivity contribution in [2.45, 2.75) is 24.7 Å². The first-order valence-electron chi connectivity index (χ1n) is 13.0. The molecule has 0 nitrogen and oxygen atoms in total. The molecule has 12 heteroatoms. The van der Waals surface area contributed by atoms with Crippen molar-refractivity contribution in [2.24, 2.45) is 0 Å². The van der Waals surface area contributed by atoms with E-state index in [2.05, 4.69) is 142 Å². The lowest BCUT2D eigenvalue weighted by Gasteiger charge is -2.12. The van der Waals surface area contributed by atoms with Crippen molar-refractivity contribution in [2.75, 3.05) is 0 Å². The molecule has 0 aliphatic rings. The lowest BCUT2D eigenvalue weighted by molar-refractivity contribution is -0.144. The molecule has 0 amide bonds. The predicted molar refractivity (Wildman–Crippen MR) is 164 cm³/mol. The molecule has 0 saturated heterocycles. The second-order valence-corrected chi connectivity index (χ2v) is 8.59. The highest BCUT2D eigenvalue weighted by atomic mass is 19.4. The van der Waals surface area contributed by atoms with Gasteiger partial charge in [0, 0.05) is 46.6 Å². The van der Waals surface area contributed by atoms with Gasteiger partial charge in [-0.25, -0.2) is 0 Å². The molecule has 250 valence electrons. The third-order valence-electron chi connectivity index (χ3n) is 4.90. The number of hydrogen-bond donors (Lipinski definition) is 0. The molecular formula is C40H6F12. The molecule has 0 atom stereocenters. The van der Waals surface area contributed by atoms with Gasteiger partial charge in [-0.1, -0.05) is 11.8 Å². The van der Waals surface area contributed by atoms with E-state index < -0.39 is 58.1 Å². The van der Waals surface area contributed by atoms with E-state index >= 15 is 0 Å². The van der Waals surface area contributed by atoms with Gasteiger partial charge >= 0.3 is 24.7 Å². The Morgan fingerprint density at radius 2 is 0.385 bits per heavy atom. The minimum atomic E-state index is -5.00. The van der Waals surface area contributed by atoms with Gasteiger partial charge in [0.2, 0.25) is 0 Å². The Balaban J connectivity index is 1.89. The standard InChI is InChI=1S/C40H6F12/c41-37(42,43)33-25-31(26-34(29-33)38(44,45)46)23-21-19-17-15-13-11-9-7-5-3-1-2-4-6-8-10-12-14-16-18-20-22-24-32-27-35(39(47,48)49)30-36(28-32)40(50,51)52/h25-30H. The second kappa shape index (κ2) is 18.8. The van der Waals surface area contributed by atoms with E-state index in [1.807, 2.05) is 0 Å². The summed E-state index contributed by atoms with van der Waals surface area (Å²) in [4.78, 5) is 0. The van der Waals surface area contributed by atoms with Crippen LogP contribution in [0.2, 0.25) is 0 Å². The highest BCUT2D eigenvalue weighted by Crippen LogP contribution is 2.37. The Labute approximate surface area is 289 Å². The molecule has 0 aromatic heterocycles. The van der Waals surface area contributed by atoms with Crippen LogP contribution in [-0.4, -0.2) is 0 Å². The van der Waals surface area contributed by atoms with Crippen LogP contribution in [0.3, 0.4) is 0 Å². The van der Waals surface area contributed by atoms with Crippen LogP contribution in [0.25, 0.3) is 0 Å². The summed E-state index contributed by atoms with van der Waals surface area (Å²) in [6.07, 6.45) is -20.0. The fourth-order valence-corrected chi connectivity index (χ4v) is 2.89. The smallest absolute Gasteiger partial charge is 0.166 e. The van der Waals surface area contributed by atoms with Crippen molar-refractivity contribution >= 4 is 0 Å². The fraction of sp³-hybridized carbons (Fsp3) is 0.100. The molecule has 52 heavy (non-hydrogen) atoms. The molecule has 2 rings (SSSR count). The maximum atomic E-state index is 12.9. The molecule has 0 saturated carbocycles. The van der Waals surface area contributed by atoms with Gasteiger partial charge in [0.15, 0.2) is 0 Å². The van der Waals surface area contributed by atoms with Gasteiger partial charge in [0.1, 0.15) is 0 Å². The molecule has 0 N–H and O–H groups in total. The first-order valence-corrected chi connectivity index (χ1v) is 13.0. The van der Waals surface area contributed by atoms with Crippen LogP contribution in [0, 0.1) is 142 Å². The van der Waals surface area contributed by atoms with Crippen molar-refractivity contribution in [3.05, 3.63) is 69.8 Å². The molecule has 0 spiro atoms. The normalized spacial score (nSPS) is 9.23. The van der Waals surface area contributed by atoms with E-state index in [0.29, 0.717) is 24.3 Å². The van der Waals surface area contributed by atoms with Gasteiger partial charge in [0.25, 0.3) is 0 Å². The molecule has 0 aliphatic carbocycles. The van der Waals surface area contributed by atoms with Crippen molar-refractivity contribution in [1.82, 2.24) is 0 Å². The first-order chi connectivity index (χ1) is 24.4. The van der Waals surface area contributed by atoms with Crippen molar-refractivity contribution in [3.63, 3.8) is 0 Å². The highest BCUT2D eigenvalue weighted by molar-refractivity contribution is 5.50. The number of alkyl halides is 12. The number of rotatable bonds is 0. The summed E-state index contributed by atoms with van der Waals surface area (Å²) in [6.45, 7) is 0. The predicted octanol–water partition coefficient (Wildman–Crippen LogP) is 7.20. The topological polar surface area (TPSA) is 0 Å². The molecule has 0 heterocycles. The third-order valence-corrected chi connectivity index (χ3v) is 4.90. The third kappa shape index (κ3) is 15.9. The molecule has 0 unspecified atom stereocenters. The Morgan fingerprint density at radius 1 is 0.231 bits per heavy atom. The van der Waals surface area contributed by atoms with Crippen molar-refractivity contribution < 1.29 is 52.7 Å². The van der Waals surface area contributed by atoms with Gasteiger partial charge in [-0.15, -0.1) is 0 Å². The van der Waals surface area contributed by atoms with Crippen molar-refractivity contribution in [3.8, 4) is 142 Å². The van der Waals surface area contributed by atoms with Gasteiger partial charge in [-0.05, 0) is 131 Å². The van der Waals surface area contributed by atoms with Crippen LogP contribution in [0.15, 0.2) is 36.4 Å². The maximum Gasteiger partial charge on any atom is 0.416 e. The van der Waals surface area contributed by atoms with Gasteiger partial charge in [-0.2, -0.15) is 52.7 Å². The van der Waals surface area contributed by atoms with Gasteiger partial charge in [0.05, 0.1) is 22.3 Å². The summed E-state index contributed by atoms with van der Waals surface area (Å²) < 4.78 is 154. The summed E-state index contributed by atoms with van der Waals surface area (Å²) in [5.41, 5.74) is -7.09. The van der Waals surface area contributed by atoms with Crippen LogP contribution < -0.4 is 0 Å². The summed E-state index contributed by atoms with van der Waals surface area (Å²) in [5.74, 6) is 53.9. The molecule has 0 aliphatic heterocycles. The Morgan fingerprint density at radius 3 is 0.538 bits per heavy atom. The van der Waals surface area contributed by atoms with E-state index in [1.54, 1.807) is 0 Å². The van der Waals surface area contributed by atoms with E-state index in [9.17, 15) is 52.7 Å². The summed E-state index contributed by atoms with van der Waals surface area (Å²) in [5, 5.41) is 0. The second-order valence-electron chi connectivity index (χ2n) is 8.59. The monoisotopic (exact) mass is 714 g/mol. The molecule has 0 radical (unpaired) electrons. The number of hydrogen-bond acceptors (Lipinski definition) is 0. The Kier molecular flexibility index (Phi) is 14.6. The summed E-state index contributed by atoms with van der Waals surface area (Å²) >= 11 is 0. The quantitative estimate of drug-likeness (QED) is 0.200. The van der Waals surface area contributed by atoms with Crippen LogP contribution in [-0.2, 0) is 24.7 Å². The van der Waals surface area contributed by atoms with Gasteiger partial charge in [-0.3, -0.25) is 0 Å². The van der Waals surface area contributed by atoms with Crippen LogP contribution in [0.4, 0.5) is 52.7 Å². The molecule has 2 aromatic carbocycles. The number of halogens is 12. The van der Waals surface area contributed by atoms with E-state index in [4.69, 9.17) is 0 Å². The fourth-order valence-electron chi connectivity index (χ4n) is 2.89. The van der Waals surface area contributed by atoms with E-state index in [-0.39, 0.29) is 12.1 Å². The summed E-state index contributed by atoms with van der Waals surface area (Å²) in [7, 11) is 0. The highest BCUT2D eigenvalue weighted by Gasteiger charge is 2.38. The summed E-state index contributed by atoms with van der Waals surface area (Å²) in [6, 6.07) is 1.81. The lowest BCUT2D eigenvalue weighted by atomic mass is 10.0. The Hall–Kier alpha value is -7.68. The zero-order valence-corrected chi connectivity index (χ0v) is 25.0. The first kappa shape index (κ1) is 40.5. The average molecular weight is 714 g/mol. The van der Waals surface area contributed by atoms with Gasteiger partial charge < -0.3 is 0 Å². The van der Waals surface area contributed by atoms with E-state index in [0.717, 1.165) is 0 Å². The largest absolute Gasteiger partial charge is 0.416 e. The number of benzene rings is 2. The van der Waals surface area contributed by atoms with E-state index in [1.165, 1.54) is 0 Å². The molecule has 0 fully saturated rings. The molecule has 2 aromatic rings.